The number of aromatic nitrogens is 1. The van der Waals surface area contributed by atoms with Gasteiger partial charge in [-0.25, -0.2) is 4.39 Å². The molecule has 18 heavy (non-hydrogen) atoms. The van der Waals surface area contributed by atoms with Crippen molar-refractivity contribution in [3.63, 3.8) is 0 Å². The molecule has 0 aliphatic heterocycles. The fraction of sp³-hybridized carbons (Fsp3) is 0.231. The number of halogens is 1. The van der Waals surface area contributed by atoms with Gasteiger partial charge in [0.15, 0.2) is 0 Å². The highest BCUT2D eigenvalue weighted by atomic mass is 19.1. The molecule has 2 aromatic rings. The fourth-order valence-electron chi connectivity index (χ4n) is 1.75. The van der Waals surface area contributed by atoms with Crippen LogP contribution in [0.25, 0.3) is 10.9 Å². The van der Waals surface area contributed by atoms with Gasteiger partial charge in [0.1, 0.15) is 5.82 Å². The maximum atomic E-state index is 13.2. The van der Waals surface area contributed by atoms with Gasteiger partial charge in [-0.1, -0.05) is 0 Å². The van der Waals surface area contributed by atoms with Gasteiger partial charge in [0.2, 0.25) is 5.56 Å². The topological polar surface area (TPSA) is 62.0 Å². The molecule has 0 radical (unpaired) electrons. The number of amides is 1. The number of carbonyl (C=O) groups excluding carboxylic acids is 1. The molecule has 0 unspecified atom stereocenters. The fourth-order valence-corrected chi connectivity index (χ4v) is 1.75. The summed E-state index contributed by atoms with van der Waals surface area (Å²) in [6.07, 6.45) is 0. The van der Waals surface area contributed by atoms with Crippen LogP contribution in [0.5, 0.6) is 0 Å². The van der Waals surface area contributed by atoms with E-state index in [9.17, 15) is 14.0 Å². The molecule has 1 amide bonds. The van der Waals surface area contributed by atoms with Crippen LogP contribution in [0.1, 0.15) is 24.2 Å². The minimum atomic E-state index is -0.451. The van der Waals surface area contributed by atoms with Crippen molar-refractivity contribution in [3.8, 4) is 0 Å². The summed E-state index contributed by atoms with van der Waals surface area (Å²) in [7, 11) is 0. The summed E-state index contributed by atoms with van der Waals surface area (Å²) in [5.41, 5.74) is 0.239. The normalized spacial score (nSPS) is 10.9. The van der Waals surface area contributed by atoms with E-state index >= 15 is 0 Å². The lowest BCUT2D eigenvalue weighted by Crippen LogP contribution is -2.31. The number of fused-ring (bicyclic) bond motifs is 1. The van der Waals surface area contributed by atoms with Crippen molar-refractivity contribution in [2.75, 3.05) is 0 Å². The summed E-state index contributed by atoms with van der Waals surface area (Å²) in [6.45, 7) is 3.63. The zero-order valence-electron chi connectivity index (χ0n) is 10.1. The predicted octanol–water partition coefficient (Wildman–Crippen LogP) is 1.81. The molecule has 1 heterocycles. The van der Waals surface area contributed by atoms with E-state index in [1.807, 2.05) is 13.8 Å². The molecule has 1 aromatic heterocycles. The van der Waals surface area contributed by atoms with E-state index in [1.54, 1.807) is 0 Å². The van der Waals surface area contributed by atoms with E-state index in [2.05, 4.69) is 10.3 Å². The first-order valence-electron chi connectivity index (χ1n) is 5.61. The van der Waals surface area contributed by atoms with E-state index in [0.29, 0.717) is 10.9 Å². The number of rotatable bonds is 2. The summed E-state index contributed by atoms with van der Waals surface area (Å²) < 4.78 is 13.2. The largest absolute Gasteiger partial charge is 0.350 e. The third kappa shape index (κ3) is 2.40. The van der Waals surface area contributed by atoms with Gasteiger partial charge in [0, 0.05) is 23.0 Å². The lowest BCUT2D eigenvalue weighted by Gasteiger charge is -2.10. The van der Waals surface area contributed by atoms with Crippen molar-refractivity contribution in [1.29, 1.82) is 0 Å². The number of carbonyl (C=O) groups is 1. The van der Waals surface area contributed by atoms with Crippen LogP contribution >= 0.6 is 0 Å². The third-order valence-corrected chi connectivity index (χ3v) is 2.47. The third-order valence-electron chi connectivity index (χ3n) is 2.47. The molecule has 0 saturated heterocycles. The molecule has 0 saturated carbocycles. The average Bonchev–Trinajstić information content (AvgIpc) is 2.27. The van der Waals surface area contributed by atoms with Crippen LogP contribution in [0.2, 0.25) is 0 Å². The van der Waals surface area contributed by atoms with Gasteiger partial charge >= 0.3 is 0 Å². The molecule has 2 N–H and O–H groups in total. The maximum absolute atomic E-state index is 13.2. The predicted molar refractivity (Wildman–Crippen MR) is 67.1 cm³/mol. The lowest BCUT2D eigenvalue weighted by molar-refractivity contribution is 0.0944. The minimum absolute atomic E-state index is 0.0552. The maximum Gasteiger partial charge on any atom is 0.252 e. The van der Waals surface area contributed by atoms with Gasteiger partial charge in [-0.2, -0.15) is 0 Å². The smallest absolute Gasteiger partial charge is 0.252 e. The second kappa shape index (κ2) is 4.60. The van der Waals surface area contributed by atoms with Crippen LogP contribution in [0.3, 0.4) is 0 Å². The second-order valence-corrected chi connectivity index (χ2v) is 4.37. The molecule has 0 aliphatic rings. The van der Waals surface area contributed by atoms with E-state index in [1.165, 1.54) is 24.3 Å². The summed E-state index contributed by atoms with van der Waals surface area (Å²) in [6, 6.07) is 5.04. The van der Waals surface area contributed by atoms with Crippen molar-refractivity contribution in [3.05, 3.63) is 46.0 Å². The van der Waals surface area contributed by atoms with Crippen LogP contribution in [0.4, 0.5) is 4.39 Å². The second-order valence-electron chi connectivity index (χ2n) is 4.37. The first-order valence-corrected chi connectivity index (χ1v) is 5.61. The molecule has 0 aliphatic carbocycles. The van der Waals surface area contributed by atoms with Crippen LogP contribution in [0.15, 0.2) is 29.1 Å². The Morgan fingerprint density at radius 2 is 2.06 bits per heavy atom. The van der Waals surface area contributed by atoms with Gasteiger partial charge < -0.3 is 10.3 Å². The van der Waals surface area contributed by atoms with Crippen LogP contribution in [0, 0.1) is 5.82 Å². The Balaban J connectivity index is 2.64. The summed E-state index contributed by atoms with van der Waals surface area (Å²) in [5, 5.41) is 3.08. The average molecular weight is 248 g/mol. The van der Waals surface area contributed by atoms with E-state index in [4.69, 9.17) is 0 Å². The lowest BCUT2D eigenvalue weighted by atomic mass is 10.1. The van der Waals surface area contributed by atoms with E-state index in [-0.39, 0.29) is 23.1 Å². The number of benzene rings is 1. The van der Waals surface area contributed by atoms with E-state index < -0.39 is 5.82 Å². The molecular formula is C13H13FN2O2. The highest BCUT2D eigenvalue weighted by molar-refractivity contribution is 6.06. The summed E-state index contributed by atoms with van der Waals surface area (Å²) >= 11 is 0. The molecular weight excluding hydrogens is 235 g/mol. The van der Waals surface area contributed by atoms with Gasteiger partial charge in [0.05, 0.1) is 5.56 Å². The molecule has 2 rings (SSSR count). The Bertz CT molecular complexity index is 662. The number of pyridine rings is 1. The Hall–Kier alpha value is -2.17. The van der Waals surface area contributed by atoms with Gasteiger partial charge in [0.25, 0.3) is 5.91 Å². The standard InChI is InChI=1S/C13H13FN2O2/c1-7(2)15-13(18)10-6-12(17)16-11-4-3-8(14)5-9(10)11/h3-7H,1-2H3,(H,15,18)(H,16,17). The van der Waals surface area contributed by atoms with Gasteiger partial charge in [-0.3, -0.25) is 9.59 Å². The summed E-state index contributed by atoms with van der Waals surface area (Å²) in [5.74, 6) is -0.833. The van der Waals surface area contributed by atoms with Crippen LogP contribution in [-0.2, 0) is 0 Å². The number of hydrogen-bond acceptors (Lipinski definition) is 2. The van der Waals surface area contributed by atoms with E-state index in [0.717, 1.165) is 0 Å². The van der Waals surface area contributed by atoms with Gasteiger partial charge in [-0.15, -0.1) is 0 Å². The minimum Gasteiger partial charge on any atom is -0.350 e. The first-order chi connectivity index (χ1) is 8.47. The molecule has 4 nitrogen and oxygen atoms in total. The Kier molecular flexibility index (Phi) is 3.14. The highest BCUT2D eigenvalue weighted by Gasteiger charge is 2.13. The monoisotopic (exact) mass is 248 g/mol. The quantitative estimate of drug-likeness (QED) is 0.851. The number of H-pyrrole nitrogens is 1. The summed E-state index contributed by atoms with van der Waals surface area (Å²) in [4.78, 5) is 26.0. The SMILES string of the molecule is CC(C)NC(=O)c1cc(=O)[nH]c2ccc(F)cc12. The van der Waals surface area contributed by atoms with Crippen molar-refractivity contribution in [2.24, 2.45) is 0 Å². The molecule has 0 bridgehead atoms. The van der Waals surface area contributed by atoms with Crippen molar-refractivity contribution in [2.45, 2.75) is 19.9 Å². The molecule has 0 fully saturated rings. The van der Waals surface area contributed by atoms with Crippen molar-refractivity contribution >= 4 is 16.8 Å². The molecule has 94 valence electrons. The Morgan fingerprint density at radius 3 is 2.72 bits per heavy atom. The number of aromatic amines is 1. The van der Waals surface area contributed by atoms with Crippen molar-refractivity contribution < 1.29 is 9.18 Å². The zero-order valence-corrected chi connectivity index (χ0v) is 10.1. The molecule has 0 spiro atoms. The molecule has 5 heteroatoms. The van der Waals surface area contributed by atoms with Crippen LogP contribution in [-0.4, -0.2) is 16.9 Å². The Labute approximate surface area is 103 Å². The number of nitrogens with one attached hydrogen (secondary N) is 2. The number of hydrogen-bond donors (Lipinski definition) is 2. The van der Waals surface area contributed by atoms with Gasteiger partial charge in [-0.05, 0) is 32.0 Å². The zero-order chi connectivity index (χ0) is 13.3. The molecule has 1 aromatic carbocycles. The van der Waals surface area contributed by atoms with Crippen LogP contribution < -0.4 is 10.9 Å². The van der Waals surface area contributed by atoms with Crippen molar-refractivity contribution in [1.82, 2.24) is 10.3 Å². The first kappa shape index (κ1) is 12.3. The Morgan fingerprint density at radius 1 is 1.33 bits per heavy atom. The molecule has 0 atom stereocenters. The highest BCUT2D eigenvalue weighted by Crippen LogP contribution is 2.16.